The van der Waals surface area contributed by atoms with Crippen LogP contribution in [0.5, 0.6) is 0 Å². The van der Waals surface area contributed by atoms with Crippen LogP contribution in [-0.2, 0) is 0 Å². The molecule has 0 radical (unpaired) electrons. The van der Waals surface area contributed by atoms with Gasteiger partial charge in [-0.3, -0.25) is 4.40 Å². The van der Waals surface area contributed by atoms with Crippen molar-refractivity contribution in [2.45, 2.75) is 19.3 Å². The van der Waals surface area contributed by atoms with Crippen LogP contribution in [0.25, 0.3) is 5.78 Å². The van der Waals surface area contributed by atoms with Gasteiger partial charge in [-0.05, 0) is 25.5 Å². The van der Waals surface area contributed by atoms with Crippen molar-refractivity contribution in [1.29, 1.82) is 0 Å². The zero-order valence-corrected chi connectivity index (χ0v) is 8.77. The van der Waals surface area contributed by atoms with Crippen LogP contribution in [0, 0.1) is 6.92 Å². The fourth-order valence-electron chi connectivity index (χ4n) is 2.20. The second kappa shape index (κ2) is 3.31. The molecule has 1 aliphatic heterocycles. The Hall–Kier alpha value is -1.42. The first kappa shape index (κ1) is 8.85. The molecule has 78 valence electrons. The molecule has 1 aliphatic rings. The molecule has 15 heavy (non-hydrogen) atoms. The maximum atomic E-state index is 4.33. The maximum absolute atomic E-state index is 4.33. The molecule has 4 heteroatoms. The van der Waals surface area contributed by atoms with Crippen LogP contribution in [-0.4, -0.2) is 27.5 Å². The Bertz CT molecular complexity index is 482. The molecule has 2 aromatic heterocycles. The molecule has 0 aliphatic carbocycles. The van der Waals surface area contributed by atoms with Crippen molar-refractivity contribution in [3.63, 3.8) is 0 Å². The van der Waals surface area contributed by atoms with E-state index in [0.29, 0.717) is 5.92 Å². The van der Waals surface area contributed by atoms with Gasteiger partial charge in [-0.15, -0.1) is 0 Å². The van der Waals surface area contributed by atoms with Gasteiger partial charge in [0.1, 0.15) is 0 Å². The third-order valence-electron chi connectivity index (χ3n) is 3.00. The molecule has 0 saturated carbocycles. The monoisotopic (exact) mass is 202 g/mol. The van der Waals surface area contributed by atoms with Gasteiger partial charge in [0.2, 0.25) is 5.78 Å². The summed E-state index contributed by atoms with van der Waals surface area (Å²) in [6, 6.07) is 0. The summed E-state index contributed by atoms with van der Waals surface area (Å²) >= 11 is 0. The molecule has 1 unspecified atom stereocenters. The summed E-state index contributed by atoms with van der Waals surface area (Å²) in [5.74, 6) is 1.39. The van der Waals surface area contributed by atoms with Gasteiger partial charge >= 0.3 is 0 Å². The summed E-state index contributed by atoms with van der Waals surface area (Å²) in [5.41, 5.74) is 2.46. The van der Waals surface area contributed by atoms with E-state index in [1.54, 1.807) is 0 Å². The number of fused-ring (bicyclic) bond motifs is 1. The molecule has 3 rings (SSSR count). The summed E-state index contributed by atoms with van der Waals surface area (Å²) in [5, 5.41) is 3.38. The van der Waals surface area contributed by atoms with Gasteiger partial charge in [0.15, 0.2) is 0 Å². The lowest BCUT2D eigenvalue weighted by Crippen LogP contribution is -2.09. The smallest absolute Gasteiger partial charge is 0.233 e. The molecule has 4 nitrogen and oxygen atoms in total. The number of nitrogens with zero attached hydrogens (tertiary/aromatic N) is 3. The van der Waals surface area contributed by atoms with Crippen molar-refractivity contribution in [2.24, 2.45) is 0 Å². The molecule has 0 bridgehead atoms. The van der Waals surface area contributed by atoms with Crippen molar-refractivity contribution in [1.82, 2.24) is 19.7 Å². The number of rotatable bonds is 1. The summed E-state index contributed by atoms with van der Waals surface area (Å²) in [7, 11) is 0. The molecule has 0 amide bonds. The van der Waals surface area contributed by atoms with Crippen molar-refractivity contribution in [2.75, 3.05) is 13.1 Å². The zero-order chi connectivity index (χ0) is 10.3. The van der Waals surface area contributed by atoms with E-state index in [-0.39, 0.29) is 0 Å². The topological polar surface area (TPSA) is 42.2 Å². The summed E-state index contributed by atoms with van der Waals surface area (Å²) in [4.78, 5) is 8.63. The minimum absolute atomic E-state index is 0.587. The molecule has 1 saturated heterocycles. The van der Waals surface area contributed by atoms with Gasteiger partial charge < -0.3 is 5.32 Å². The fourth-order valence-corrected chi connectivity index (χ4v) is 2.20. The Labute approximate surface area is 88.4 Å². The van der Waals surface area contributed by atoms with Crippen LogP contribution in [0.1, 0.15) is 23.6 Å². The largest absolute Gasteiger partial charge is 0.316 e. The van der Waals surface area contributed by atoms with Gasteiger partial charge in [0.25, 0.3) is 0 Å². The first-order valence-electron chi connectivity index (χ1n) is 5.35. The number of imidazole rings is 1. The fraction of sp³-hybridized carbons (Fsp3) is 0.455. The second-order valence-electron chi connectivity index (χ2n) is 4.17. The molecule has 1 fully saturated rings. The van der Waals surface area contributed by atoms with Crippen LogP contribution in [0.2, 0.25) is 0 Å². The van der Waals surface area contributed by atoms with Gasteiger partial charge in [-0.2, -0.15) is 0 Å². The van der Waals surface area contributed by atoms with E-state index in [9.17, 15) is 0 Å². The lowest BCUT2D eigenvalue weighted by molar-refractivity contribution is 0.724. The van der Waals surface area contributed by atoms with Gasteiger partial charge in [-0.1, -0.05) is 0 Å². The number of nitrogens with one attached hydrogen (secondary N) is 1. The van der Waals surface area contributed by atoms with Crippen LogP contribution < -0.4 is 5.32 Å². The Morgan fingerprint density at radius 1 is 1.40 bits per heavy atom. The Balaban J connectivity index is 2.13. The molecule has 2 aromatic rings. The molecular formula is C11H14N4. The molecule has 1 atom stereocenters. The van der Waals surface area contributed by atoms with Crippen molar-refractivity contribution >= 4 is 5.78 Å². The predicted molar refractivity (Wildman–Crippen MR) is 58.0 cm³/mol. The highest BCUT2D eigenvalue weighted by Crippen LogP contribution is 2.22. The minimum Gasteiger partial charge on any atom is -0.316 e. The quantitative estimate of drug-likeness (QED) is 0.753. The number of hydrogen-bond acceptors (Lipinski definition) is 3. The van der Waals surface area contributed by atoms with E-state index in [1.165, 1.54) is 17.7 Å². The number of aryl methyl sites for hydroxylation is 1. The highest BCUT2D eigenvalue weighted by molar-refractivity contribution is 5.33. The van der Waals surface area contributed by atoms with Crippen LogP contribution >= 0.6 is 0 Å². The summed E-state index contributed by atoms with van der Waals surface area (Å²) in [6.45, 7) is 4.22. The SMILES string of the molecule is Cc1cnc2ncc(C3CCNC3)n2c1. The average Bonchev–Trinajstić information content (AvgIpc) is 2.83. The van der Waals surface area contributed by atoms with Crippen LogP contribution in [0.3, 0.4) is 0 Å². The molecule has 1 N–H and O–H groups in total. The van der Waals surface area contributed by atoms with E-state index >= 15 is 0 Å². The van der Waals surface area contributed by atoms with Crippen LogP contribution in [0.4, 0.5) is 0 Å². The maximum Gasteiger partial charge on any atom is 0.233 e. The number of aromatic nitrogens is 3. The lowest BCUT2D eigenvalue weighted by Gasteiger charge is -2.07. The highest BCUT2D eigenvalue weighted by atomic mass is 15.1. The average molecular weight is 202 g/mol. The Morgan fingerprint density at radius 3 is 3.07 bits per heavy atom. The summed E-state index contributed by atoms with van der Waals surface area (Å²) < 4.78 is 2.12. The minimum atomic E-state index is 0.587. The second-order valence-corrected chi connectivity index (χ2v) is 4.17. The molecule has 0 aromatic carbocycles. The van der Waals surface area contributed by atoms with Crippen LogP contribution in [0.15, 0.2) is 18.6 Å². The Morgan fingerprint density at radius 2 is 2.27 bits per heavy atom. The van der Waals surface area contributed by atoms with E-state index < -0.39 is 0 Å². The lowest BCUT2D eigenvalue weighted by atomic mass is 10.1. The normalized spacial score (nSPS) is 21.3. The standard InChI is InChI=1S/C11H14N4/c1-8-4-13-11-14-6-10(15(11)7-8)9-2-3-12-5-9/h4,6-7,9,12H,2-3,5H2,1H3. The van der Waals surface area contributed by atoms with Gasteiger partial charge in [0, 0.05) is 30.6 Å². The van der Waals surface area contributed by atoms with E-state index in [1.807, 2.05) is 12.4 Å². The van der Waals surface area contributed by atoms with Crippen molar-refractivity contribution < 1.29 is 0 Å². The van der Waals surface area contributed by atoms with Gasteiger partial charge in [-0.25, -0.2) is 9.97 Å². The highest BCUT2D eigenvalue weighted by Gasteiger charge is 2.20. The van der Waals surface area contributed by atoms with E-state index in [4.69, 9.17) is 0 Å². The van der Waals surface area contributed by atoms with Crippen molar-refractivity contribution in [3.8, 4) is 0 Å². The van der Waals surface area contributed by atoms with E-state index in [0.717, 1.165) is 18.9 Å². The van der Waals surface area contributed by atoms with Gasteiger partial charge in [0.05, 0.1) is 6.20 Å². The molecular weight excluding hydrogens is 188 g/mol. The first-order valence-corrected chi connectivity index (χ1v) is 5.35. The molecule has 3 heterocycles. The molecule has 0 spiro atoms. The van der Waals surface area contributed by atoms with E-state index in [2.05, 4.69) is 32.8 Å². The first-order chi connectivity index (χ1) is 7.34. The Kier molecular flexibility index (Phi) is 1.95. The zero-order valence-electron chi connectivity index (χ0n) is 8.77. The third-order valence-corrected chi connectivity index (χ3v) is 3.00. The third kappa shape index (κ3) is 1.41. The van der Waals surface area contributed by atoms with Crippen molar-refractivity contribution in [3.05, 3.63) is 29.8 Å². The number of hydrogen-bond donors (Lipinski definition) is 1. The summed E-state index contributed by atoms with van der Waals surface area (Å²) in [6.07, 6.45) is 7.13. The predicted octanol–water partition coefficient (Wildman–Crippen LogP) is 1.11.